The van der Waals surface area contributed by atoms with Crippen molar-refractivity contribution >= 4 is 6.09 Å². The van der Waals surface area contributed by atoms with E-state index < -0.39 is 12.1 Å². The van der Waals surface area contributed by atoms with E-state index in [9.17, 15) is 4.79 Å². The number of benzene rings is 1. The maximum atomic E-state index is 10.9. The first-order chi connectivity index (χ1) is 10.6. The van der Waals surface area contributed by atoms with Gasteiger partial charge in [-0.05, 0) is 22.9 Å². The highest BCUT2D eigenvalue weighted by molar-refractivity contribution is 5.65. The van der Waals surface area contributed by atoms with Crippen molar-refractivity contribution in [2.75, 3.05) is 6.61 Å². The van der Waals surface area contributed by atoms with Crippen LogP contribution < -0.4 is 5.32 Å². The molecule has 3 N–H and O–H groups in total. The number of aromatic nitrogens is 4. The fourth-order valence-electron chi connectivity index (χ4n) is 1.89. The number of nitrogens with zero attached hydrogens (tertiary/aromatic N) is 5. The summed E-state index contributed by atoms with van der Waals surface area (Å²) in [6.07, 6.45) is -0.875. The molecule has 1 aromatic heterocycles. The standard InChI is InChI=1S/C13H14N6O3/c14-8-10-3-1-9(2-4-10)7-11(15-13(21)22)12-16-18-19(17-12)5-6-20/h1-4,11,15,20H,5-7H2,(H,21,22)/t11-/m0/s1. The van der Waals surface area contributed by atoms with Gasteiger partial charge in [0.2, 0.25) is 0 Å². The molecule has 1 heterocycles. The number of aliphatic hydroxyl groups is 1. The number of hydrogen-bond donors (Lipinski definition) is 3. The Hall–Kier alpha value is -2.99. The second-order valence-electron chi connectivity index (χ2n) is 4.48. The molecule has 0 unspecified atom stereocenters. The van der Waals surface area contributed by atoms with Gasteiger partial charge >= 0.3 is 6.09 Å². The molecule has 114 valence electrons. The number of carboxylic acid groups (broad SMARTS) is 1. The summed E-state index contributed by atoms with van der Waals surface area (Å²) < 4.78 is 0. The van der Waals surface area contributed by atoms with Crippen LogP contribution in [-0.4, -0.2) is 43.1 Å². The lowest BCUT2D eigenvalue weighted by Crippen LogP contribution is -2.29. The van der Waals surface area contributed by atoms with Crippen LogP contribution in [0.2, 0.25) is 0 Å². The largest absolute Gasteiger partial charge is 0.465 e. The van der Waals surface area contributed by atoms with Crippen LogP contribution in [0.3, 0.4) is 0 Å². The normalized spacial score (nSPS) is 11.6. The summed E-state index contributed by atoms with van der Waals surface area (Å²) in [4.78, 5) is 12.1. The molecule has 0 aliphatic rings. The van der Waals surface area contributed by atoms with Crippen molar-refractivity contribution in [3.63, 3.8) is 0 Å². The van der Waals surface area contributed by atoms with E-state index >= 15 is 0 Å². The first-order valence-electron chi connectivity index (χ1n) is 6.49. The minimum Gasteiger partial charge on any atom is -0.465 e. The van der Waals surface area contributed by atoms with E-state index in [2.05, 4.69) is 20.7 Å². The smallest absolute Gasteiger partial charge is 0.405 e. The van der Waals surface area contributed by atoms with E-state index in [1.54, 1.807) is 24.3 Å². The summed E-state index contributed by atoms with van der Waals surface area (Å²) in [5.41, 5.74) is 1.36. The van der Waals surface area contributed by atoms with E-state index in [1.165, 1.54) is 4.80 Å². The molecule has 0 aliphatic heterocycles. The minimum atomic E-state index is -1.20. The molecule has 2 rings (SSSR count). The molecule has 1 amide bonds. The molecule has 9 nitrogen and oxygen atoms in total. The van der Waals surface area contributed by atoms with Gasteiger partial charge in [0.15, 0.2) is 5.82 Å². The number of carbonyl (C=O) groups is 1. The number of hydrogen-bond acceptors (Lipinski definition) is 6. The first kappa shape index (κ1) is 15.4. The second kappa shape index (κ2) is 7.14. The summed E-state index contributed by atoms with van der Waals surface area (Å²) in [6.45, 7) is 0.0477. The van der Waals surface area contributed by atoms with E-state index in [1.807, 2.05) is 6.07 Å². The Bertz CT molecular complexity index is 676. The lowest BCUT2D eigenvalue weighted by atomic mass is 10.0. The predicted octanol–water partition coefficient (Wildman–Crippen LogP) is 0.0885. The summed E-state index contributed by atoms with van der Waals surface area (Å²) in [7, 11) is 0. The quantitative estimate of drug-likeness (QED) is 0.687. The molecule has 22 heavy (non-hydrogen) atoms. The maximum Gasteiger partial charge on any atom is 0.405 e. The zero-order valence-electron chi connectivity index (χ0n) is 11.5. The summed E-state index contributed by atoms with van der Waals surface area (Å²) >= 11 is 0. The third kappa shape index (κ3) is 4.00. The summed E-state index contributed by atoms with van der Waals surface area (Å²) in [5.74, 6) is 0.222. The van der Waals surface area contributed by atoms with E-state index in [0.29, 0.717) is 12.0 Å². The third-order valence-electron chi connectivity index (χ3n) is 2.90. The highest BCUT2D eigenvalue weighted by atomic mass is 16.4. The molecule has 1 atom stereocenters. The van der Waals surface area contributed by atoms with Crippen LogP contribution in [0.25, 0.3) is 0 Å². The van der Waals surface area contributed by atoms with Crippen LogP contribution in [0.5, 0.6) is 0 Å². The lowest BCUT2D eigenvalue weighted by Gasteiger charge is -2.13. The molecule has 0 radical (unpaired) electrons. The Labute approximate surface area is 125 Å². The van der Waals surface area contributed by atoms with Gasteiger partial charge in [-0.3, -0.25) is 0 Å². The number of aliphatic hydroxyl groups excluding tert-OH is 1. The van der Waals surface area contributed by atoms with Gasteiger partial charge in [0.25, 0.3) is 0 Å². The Morgan fingerprint density at radius 1 is 1.41 bits per heavy atom. The van der Waals surface area contributed by atoms with Gasteiger partial charge in [-0.25, -0.2) is 4.79 Å². The van der Waals surface area contributed by atoms with Crippen LogP contribution in [-0.2, 0) is 13.0 Å². The van der Waals surface area contributed by atoms with Crippen LogP contribution in [0, 0.1) is 11.3 Å². The van der Waals surface area contributed by atoms with Crippen LogP contribution >= 0.6 is 0 Å². The Morgan fingerprint density at radius 3 is 2.73 bits per heavy atom. The number of rotatable bonds is 6. The number of tetrazole rings is 1. The van der Waals surface area contributed by atoms with Crippen LogP contribution in [0.15, 0.2) is 24.3 Å². The van der Waals surface area contributed by atoms with Gasteiger partial charge in [0.1, 0.15) is 6.04 Å². The van der Waals surface area contributed by atoms with Crippen molar-refractivity contribution in [1.82, 2.24) is 25.5 Å². The van der Waals surface area contributed by atoms with Gasteiger partial charge in [-0.1, -0.05) is 12.1 Å². The van der Waals surface area contributed by atoms with Gasteiger partial charge in [0.05, 0.1) is 24.8 Å². The first-order valence-corrected chi connectivity index (χ1v) is 6.49. The Morgan fingerprint density at radius 2 is 2.14 bits per heavy atom. The van der Waals surface area contributed by atoms with Crippen molar-refractivity contribution in [2.24, 2.45) is 0 Å². The molecule has 2 aromatic rings. The Kier molecular flexibility index (Phi) is 5.00. The molecule has 9 heteroatoms. The topological polar surface area (TPSA) is 137 Å². The second-order valence-corrected chi connectivity index (χ2v) is 4.48. The van der Waals surface area contributed by atoms with E-state index in [-0.39, 0.29) is 19.0 Å². The summed E-state index contributed by atoms with van der Waals surface area (Å²) in [6, 6.07) is 8.15. The van der Waals surface area contributed by atoms with E-state index in [0.717, 1.165) is 5.56 Å². The van der Waals surface area contributed by atoms with Crippen molar-refractivity contribution in [3.8, 4) is 6.07 Å². The van der Waals surface area contributed by atoms with Crippen molar-refractivity contribution in [3.05, 3.63) is 41.2 Å². The highest BCUT2D eigenvalue weighted by Gasteiger charge is 2.20. The monoisotopic (exact) mass is 302 g/mol. The number of nitriles is 1. The van der Waals surface area contributed by atoms with Crippen LogP contribution in [0.1, 0.15) is 23.0 Å². The lowest BCUT2D eigenvalue weighted by molar-refractivity contribution is 0.189. The van der Waals surface area contributed by atoms with Crippen molar-refractivity contribution in [2.45, 2.75) is 19.0 Å². The highest BCUT2D eigenvalue weighted by Crippen LogP contribution is 2.15. The number of amides is 1. The fraction of sp³-hybridized carbons (Fsp3) is 0.308. The molecule has 0 spiro atoms. The molecule has 0 saturated heterocycles. The summed E-state index contributed by atoms with van der Waals surface area (Å²) in [5, 5.41) is 40.5. The van der Waals surface area contributed by atoms with Crippen molar-refractivity contribution in [1.29, 1.82) is 5.26 Å². The molecule has 0 saturated carbocycles. The van der Waals surface area contributed by atoms with Gasteiger partial charge in [-0.2, -0.15) is 10.1 Å². The maximum absolute atomic E-state index is 10.9. The predicted molar refractivity (Wildman–Crippen MR) is 73.7 cm³/mol. The fourth-order valence-corrected chi connectivity index (χ4v) is 1.89. The average Bonchev–Trinajstić information content (AvgIpc) is 2.96. The zero-order chi connectivity index (χ0) is 15.9. The third-order valence-corrected chi connectivity index (χ3v) is 2.90. The Balaban J connectivity index is 2.17. The van der Waals surface area contributed by atoms with E-state index in [4.69, 9.17) is 15.5 Å². The molecule has 0 fully saturated rings. The zero-order valence-corrected chi connectivity index (χ0v) is 11.5. The molecule has 1 aromatic carbocycles. The molecular formula is C13H14N6O3. The van der Waals surface area contributed by atoms with Crippen LogP contribution in [0.4, 0.5) is 4.79 Å². The molecule has 0 aliphatic carbocycles. The number of nitrogens with one attached hydrogen (secondary N) is 1. The average molecular weight is 302 g/mol. The molecular weight excluding hydrogens is 288 g/mol. The molecule has 0 bridgehead atoms. The minimum absolute atomic E-state index is 0.136. The SMILES string of the molecule is N#Cc1ccc(C[C@H](NC(=O)O)c2nnn(CCO)n2)cc1. The van der Waals surface area contributed by atoms with Gasteiger partial charge in [-0.15, -0.1) is 10.2 Å². The van der Waals surface area contributed by atoms with Crippen molar-refractivity contribution < 1.29 is 15.0 Å². The van der Waals surface area contributed by atoms with Gasteiger partial charge in [0, 0.05) is 6.42 Å². The van der Waals surface area contributed by atoms with Gasteiger partial charge < -0.3 is 15.5 Å².